The highest BCUT2D eigenvalue weighted by Gasteiger charge is 2.40. The van der Waals surface area contributed by atoms with Gasteiger partial charge in [0.1, 0.15) is 22.4 Å². The molecule has 2 amide bonds. The van der Waals surface area contributed by atoms with Crippen molar-refractivity contribution >= 4 is 35.0 Å². The molecule has 1 saturated heterocycles. The van der Waals surface area contributed by atoms with Crippen LogP contribution in [0.4, 0.5) is 11.4 Å². The number of nitrogens with zero attached hydrogens (tertiary/aromatic N) is 2. The van der Waals surface area contributed by atoms with Gasteiger partial charge >= 0.3 is 0 Å². The Morgan fingerprint density at radius 3 is 2.40 bits per heavy atom. The average molecular weight is 484 g/mol. The zero-order valence-corrected chi connectivity index (χ0v) is 20.6. The topological polar surface area (TPSA) is 82.4 Å². The van der Waals surface area contributed by atoms with E-state index in [4.69, 9.17) is 4.74 Å². The smallest absolute Gasteiger partial charge is 0.269 e. The first-order chi connectivity index (χ1) is 16.9. The van der Waals surface area contributed by atoms with Crippen molar-refractivity contribution < 1.29 is 14.3 Å². The quantitative estimate of drug-likeness (QED) is 0.376. The van der Waals surface area contributed by atoms with Crippen molar-refractivity contribution in [1.29, 1.82) is 5.26 Å². The highest BCUT2D eigenvalue weighted by molar-refractivity contribution is 8.05. The second kappa shape index (κ2) is 10.5. The molecule has 1 atom stereocenters. The lowest BCUT2D eigenvalue weighted by atomic mass is 10.0. The molecule has 0 saturated carbocycles. The number of carbonyl (C=O) groups is 2. The van der Waals surface area contributed by atoms with Gasteiger partial charge in [0.15, 0.2) is 0 Å². The average Bonchev–Trinajstić information content (AvgIpc) is 3.17. The van der Waals surface area contributed by atoms with Crippen LogP contribution in [0, 0.1) is 25.2 Å². The van der Waals surface area contributed by atoms with Crippen molar-refractivity contribution in [3.8, 4) is 11.8 Å². The van der Waals surface area contributed by atoms with Crippen molar-refractivity contribution in [2.45, 2.75) is 25.5 Å². The SMILES string of the molecule is COc1ccc(N2C(=O)C(Cc3ccc(C)c(C)c3)S/C2=C(/C#N)C(=O)Nc2ccccc2)cc1. The van der Waals surface area contributed by atoms with Gasteiger partial charge in [0.25, 0.3) is 5.91 Å². The van der Waals surface area contributed by atoms with Gasteiger partial charge in [-0.05, 0) is 73.4 Å². The maximum Gasteiger partial charge on any atom is 0.269 e. The second-order valence-corrected chi connectivity index (χ2v) is 9.40. The van der Waals surface area contributed by atoms with E-state index < -0.39 is 11.2 Å². The van der Waals surface area contributed by atoms with Gasteiger partial charge in [0, 0.05) is 11.4 Å². The zero-order chi connectivity index (χ0) is 24.9. The van der Waals surface area contributed by atoms with E-state index in [2.05, 4.69) is 11.4 Å². The van der Waals surface area contributed by atoms with Crippen molar-refractivity contribution in [3.63, 3.8) is 0 Å². The fourth-order valence-corrected chi connectivity index (χ4v) is 5.12. The van der Waals surface area contributed by atoms with Crippen LogP contribution in [0.1, 0.15) is 16.7 Å². The summed E-state index contributed by atoms with van der Waals surface area (Å²) in [6.45, 7) is 4.09. The number of hydrogen-bond donors (Lipinski definition) is 1. The maximum absolute atomic E-state index is 13.6. The Bertz CT molecular complexity index is 1330. The Morgan fingerprint density at radius 1 is 1.06 bits per heavy atom. The largest absolute Gasteiger partial charge is 0.497 e. The van der Waals surface area contributed by atoms with Crippen LogP contribution in [0.25, 0.3) is 0 Å². The Labute approximate surface area is 209 Å². The monoisotopic (exact) mass is 483 g/mol. The maximum atomic E-state index is 13.6. The number of hydrogen-bond acceptors (Lipinski definition) is 5. The number of carbonyl (C=O) groups excluding carboxylic acids is 2. The van der Waals surface area contributed by atoms with Crippen LogP contribution in [-0.2, 0) is 16.0 Å². The fraction of sp³-hybridized carbons (Fsp3) is 0.179. The number of rotatable bonds is 6. The first-order valence-corrected chi connectivity index (χ1v) is 12.0. The Kier molecular flexibility index (Phi) is 7.23. The molecule has 1 unspecified atom stereocenters. The molecular formula is C28H25N3O3S. The van der Waals surface area contributed by atoms with E-state index in [0.717, 1.165) is 11.1 Å². The summed E-state index contributed by atoms with van der Waals surface area (Å²) in [6, 6.07) is 24.1. The molecule has 176 valence electrons. The van der Waals surface area contributed by atoms with Crippen LogP contribution in [0.5, 0.6) is 5.75 Å². The fourth-order valence-electron chi connectivity index (χ4n) is 3.81. The van der Waals surface area contributed by atoms with Gasteiger partial charge in [-0.15, -0.1) is 0 Å². The number of anilines is 2. The Balaban J connectivity index is 1.73. The molecule has 7 heteroatoms. The van der Waals surface area contributed by atoms with E-state index in [1.165, 1.54) is 22.2 Å². The summed E-state index contributed by atoms with van der Waals surface area (Å²) in [6.07, 6.45) is 0.486. The lowest BCUT2D eigenvalue weighted by molar-refractivity contribution is -0.117. The molecule has 0 radical (unpaired) electrons. The number of amides is 2. The third-order valence-electron chi connectivity index (χ3n) is 5.86. The summed E-state index contributed by atoms with van der Waals surface area (Å²) < 4.78 is 5.24. The van der Waals surface area contributed by atoms with E-state index in [-0.39, 0.29) is 11.5 Å². The van der Waals surface area contributed by atoms with Crippen molar-refractivity contribution in [1.82, 2.24) is 0 Å². The first-order valence-electron chi connectivity index (χ1n) is 11.1. The summed E-state index contributed by atoms with van der Waals surface area (Å²) in [4.78, 5) is 28.2. The minimum atomic E-state index is -0.556. The van der Waals surface area contributed by atoms with Gasteiger partial charge in [0.2, 0.25) is 5.91 Å². The number of nitriles is 1. The van der Waals surface area contributed by atoms with E-state index in [1.807, 2.05) is 38.1 Å². The van der Waals surface area contributed by atoms with Crippen molar-refractivity contribution in [2.75, 3.05) is 17.3 Å². The number of nitrogens with one attached hydrogen (secondary N) is 1. The number of ether oxygens (including phenoxy) is 1. The highest BCUT2D eigenvalue weighted by Crippen LogP contribution is 2.42. The molecule has 0 aliphatic carbocycles. The van der Waals surface area contributed by atoms with Crippen LogP contribution in [-0.4, -0.2) is 24.2 Å². The van der Waals surface area contributed by atoms with Crippen LogP contribution in [0.15, 0.2) is 83.4 Å². The molecule has 6 nitrogen and oxygen atoms in total. The molecule has 1 N–H and O–H groups in total. The second-order valence-electron chi connectivity index (χ2n) is 8.21. The van der Waals surface area contributed by atoms with E-state index in [0.29, 0.717) is 28.6 Å². The van der Waals surface area contributed by atoms with Crippen LogP contribution >= 0.6 is 11.8 Å². The van der Waals surface area contributed by atoms with E-state index in [1.54, 1.807) is 55.6 Å². The predicted molar refractivity (Wildman–Crippen MR) is 139 cm³/mol. The molecule has 3 aromatic rings. The van der Waals surface area contributed by atoms with Gasteiger partial charge in [0.05, 0.1) is 12.4 Å². The van der Waals surface area contributed by atoms with E-state index in [9.17, 15) is 14.9 Å². The summed E-state index contributed by atoms with van der Waals surface area (Å²) in [7, 11) is 1.57. The first kappa shape index (κ1) is 24.1. The van der Waals surface area contributed by atoms with Gasteiger partial charge in [-0.3, -0.25) is 14.5 Å². The van der Waals surface area contributed by atoms with Crippen molar-refractivity contribution in [3.05, 3.63) is 100 Å². The molecule has 0 aromatic heterocycles. The molecule has 0 spiro atoms. The molecule has 4 rings (SSSR count). The van der Waals surface area contributed by atoms with Gasteiger partial charge < -0.3 is 10.1 Å². The third-order valence-corrected chi connectivity index (χ3v) is 7.12. The lowest BCUT2D eigenvalue weighted by Crippen LogP contribution is -2.30. The molecule has 1 aliphatic rings. The number of benzene rings is 3. The van der Waals surface area contributed by atoms with Gasteiger partial charge in [-0.2, -0.15) is 5.26 Å². The molecule has 0 bridgehead atoms. The molecule has 1 fully saturated rings. The van der Waals surface area contributed by atoms with Crippen LogP contribution < -0.4 is 15.0 Å². The highest BCUT2D eigenvalue weighted by atomic mass is 32.2. The van der Waals surface area contributed by atoms with Crippen molar-refractivity contribution in [2.24, 2.45) is 0 Å². The molecular weight excluding hydrogens is 458 g/mol. The summed E-state index contributed by atoms with van der Waals surface area (Å²) in [5, 5.41) is 12.6. The summed E-state index contributed by atoms with van der Waals surface area (Å²) >= 11 is 1.25. The molecule has 1 aliphatic heterocycles. The Hall–Kier alpha value is -4.02. The summed E-state index contributed by atoms with van der Waals surface area (Å²) in [5.41, 5.74) is 4.40. The number of methoxy groups -OCH3 is 1. The third kappa shape index (κ3) is 5.23. The van der Waals surface area contributed by atoms with E-state index >= 15 is 0 Å². The van der Waals surface area contributed by atoms with Gasteiger partial charge in [-0.25, -0.2) is 0 Å². The minimum absolute atomic E-state index is 0.106. The summed E-state index contributed by atoms with van der Waals surface area (Å²) in [5.74, 6) is -0.0828. The van der Waals surface area contributed by atoms with Crippen LogP contribution in [0.2, 0.25) is 0 Å². The molecule has 3 aromatic carbocycles. The number of aryl methyl sites for hydroxylation is 2. The van der Waals surface area contributed by atoms with Crippen LogP contribution in [0.3, 0.4) is 0 Å². The molecule has 35 heavy (non-hydrogen) atoms. The zero-order valence-electron chi connectivity index (χ0n) is 19.7. The minimum Gasteiger partial charge on any atom is -0.497 e. The number of para-hydroxylation sites is 1. The normalized spacial score (nSPS) is 16.6. The number of thioether (sulfide) groups is 1. The predicted octanol–water partition coefficient (Wildman–Crippen LogP) is 5.38. The lowest BCUT2D eigenvalue weighted by Gasteiger charge is -2.19. The van der Waals surface area contributed by atoms with Gasteiger partial charge in [-0.1, -0.05) is 48.2 Å². The standard InChI is InChI=1S/C28H25N3O3S/c1-18-9-10-20(15-19(18)2)16-25-27(33)31(22-11-13-23(34-3)14-12-22)28(35-25)24(17-29)26(32)30-21-7-5-4-6-8-21/h4-15,25H,16H2,1-3H3,(H,30,32)/b28-24-. The molecule has 1 heterocycles. The Morgan fingerprint density at radius 2 is 1.77 bits per heavy atom.